The second-order valence-electron chi connectivity index (χ2n) is 3.76. The van der Waals surface area contributed by atoms with Gasteiger partial charge in [-0.2, -0.15) is 0 Å². The van der Waals surface area contributed by atoms with Gasteiger partial charge < -0.3 is 4.74 Å². The molecule has 2 rings (SSSR count). The number of hydrogen-bond donors (Lipinski definition) is 0. The van der Waals surface area contributed by atoms with Crippen molar-refractivity contribution < 1.29 is 4.74 Å². The Hall–Kier alpha value is -0.500. The first-order valence-corrected chi connectivity index (χ1v) is 6.26. The van der Waals surface area contributed by atoms with Gasteiger partial charge in [0, 0.05) is 5.33 Å². The molecule has 0 bridgehead atoms. The minimum atomic E-state index is 0.746. The summed E-state index contributed by atoms with van der Waals surface area (Å²) >= 11 is 3.53. The highest BCUT2D eigenvalue weighted by atomic mass is 79.9. The molecule has 0 aromatic heterocycles. The topological polar surface area (TPSA) is 9.23 Å². The zero-order valence-electron chi connectivity index (χ0n) is 8.37. The van der Waals surface area contributed by atoms with Crippen LogP contribution in [0.3, 0.4) is 0 Å². The van der Waals surface area contributed by atoms with Crippen LogP contribution in [0.2, 0.25) is 0 Å². The van der Waals surface area contributed by atoms with Crippen molar-refractivity contribution in [3.63, 3.8) is 0 Å². The molecule has 2 atom stereocenters. The van der Waals surface area contributed by atoms with Gasteiger partial charge in [0.05, 0.1) is 6.61 Å². The van der Waals surface area contributed by atoms with Crippen molar-refractivity contribution in [2.75, 3.05) is 11.9 Å². The fourth-order valence-corrected chi connectivity index (χ4v) is 2.54. The number of hydrogen-bond acceptors (Lipinski definition) is 1. The van der Waals surface area contributed by atoms with Crippen molar-refractivity contribution in [2.24, 2.45) is 5.92 Å². The second kappa shape index (κ2) is 4.35. The number of benzene rings is 1. The molecule has 1 fully saturated rings. The summed E-state index contributed by atoms with van der Waals surface area (Å²) in [6, 6.07) is 8.50. The molecule has 0 radical (unpaired) electrons. The number of ether oxygens (including phenoxy) is 1. The molecule has 1 aromatic carbocycles. The van der Waals surface area contributed by atoms with Gasteiger partial charge in [-0.25, -0.2) is 0 Å². The highest BCUT2D eigenvalue weighted by molar-refractivity contribution is 9.09. The highest BCUT2D eigenvalue weighted by Gasteiger charge is 2.37. The van der Waals surface area contributed by atoms with Gasteiger partial charge in [-0.1, -0.05) is 28.1 Å². The zero-order chi connectivity index (χ0) is 9.97. The van der Waals surface area contributed by atoms with Gasteiger partial charge in [-0.15, -0.1) is 0 Å². The molecule has 1 aromatic rings. The van der Waals surface area contributed by atoms with E-state index in [1.165, 1.54) is 12.0 Å². The van der Waals surface area contributed by atoms with Gasteiger partial charge in [0.2, 0.25) is 0 Å². The Balaban J connectivity index is 2.07. The van der Waals surface area contributed by atoms with Gasteiger partial charge >= 0.3 is 0 Å². The molecule has 1 nitrogen and oxygen atoms in total. The quantitative estimate of drug-likeness (QED) is 0.747. The van der Waals surface area contributed by atoms with Crippen molar-refractivity contribution in [1.82, 2.24) is 0 Å². The maximum Gasteiger partial charge on any atom is 0.119 e. The summed E-state index contributed by atoms with van der Waals surface area (Å²) in [4.78, 5) is 0. The molecule has 0 spiro atoms. The Morgan fingerprint density at radius 3 is 3.00 bits per heavy atom. The van der Waals surface area contributed by atoms with E-state index in [-0.39, 0.29) is 0 Å². The van der Waals surface area contributed by atoms with E-state index in [2.05, 4.69) is 34.1 Å². The van der Waals surface area contributed by atoms with Gasteiger partial charge in [0.25, 0.3) is 0 Å². The van der Waals surface area contributed by atoms with Crippen LogP contribution in [0.25, 0.3) is 0 Å². The van der Waals surface area contributed by atoms with Gasteiger partial charge in [-0.3, -0.25) is 0 Å². The van der Waals surface area contributed by atoms with Crippen LogP contribution in [0.4, 0.5) is 0 Å². The molecule has 0 saturated heterocycles. The third kappa shape index (κ3) is 2.11. The predicted octanol–water partition coefficient (Wildman–Crippen LogP) is 3.58. The molecule has 0 heterocycles. The molecule has 14 heavy (non-hydrogen) atoms. The van der Waals surface area contributed by atoms with Crippen LogP contribution < -0.4 is 4.74 Å². The Labute approximate surface area is 93.6 Å². The molecule has 0 aliphatic heterocycles. The van der Waals surface area contributed by atoms with E-state index < -0.39 is 0 Å². The average molecular weight is 255 g/mol. The van der Waals surface area contributed by atoms with E-state index in [0.29, 0.717) is 0 Å². The third-order valence-electron chi connectivity index (χ3n) is 2.72. The Bertz CT molecular complexity index is 311. The molecule has 1 aliphatic carbocycles. The minimum Gasteiger partial charge on any atom is -0.494 e. The average Bonchev–Trinajstić information content (AvgIpc) is 2.98. The van der Waals surface area contributed by atoms with Crippen LogP contribution in [0, 0.1) is 5.92 Å². The monoisotopic (exact) mass is 254 g/mol. The molecule has 1 aliphatic rings. The van der Waals surface area contributed by atoms with E-state index >= 15 is 0 Å². The fourth-order valence-electron chi connectivity index (χ4n) is 1.83. The second-order valence-corrected chi connectivity index (χ2v) is 4.41. The van der Waals surface area contributed by atoms with Crippen LogP contribution in [-0.2, 0) is 0 Å². The largest absolute Gasteiger partial charge is 0.494 e. The molecular weight excluding hydrogens is 240 g/mol. The van der Waals surface area contributed by atoms with Crippen LogP contribution in [-0.4, -0.2) is 11.9 Å². The first-order chi connectivity index (χ1) is 6.85. The summed E-state index contributed by atoms with van der Waals surface area (Å²) in [6.07, 6.45) is 1.32. The van der Waals surface area contributed by atoms with Crippen molar-refractivity contribution in [1.29, 1.82) is 0 Å². The molecule has 2 heteroatoms. The smallest absolute Gasteiger partial charge is 0.119 e. The summed E-state index contributed by atoms with van der Waals surface area (Å²) in [5.74, 6) is 2.60. The maximum absolute atomic E-state index is 5.48. The summed E-state index contributed by atoms with van der Waals surface area (Å²) in [5.41, 5.74) is 1.43. The number of halogens is 1. The van der Waals surface area contributed by atoms with Crippen molar-refractivity contribution in [3.8, 4) is 5.75 Å². The summed E-state index contributed by atoms with van der Waals surface area (Å²) in [5, 5.41) is 1.12. The molecule has 2 unspecified atom stereocenters. The van der Waals surface area contributed by atoms with E-state index in [0.717, 1.165) is 29.5 Å². The van der Waals surface area contributed by atoms with E-state index in [9.17, 15) is 0 Å². The van der Waals surface area contributed by atoms with E-state index in [1.54, 1.807) is 0 Å². The van der Waals surface area contributed by atoms with Crippen LogP contribution in [0.1, 0.15) is 24.8 Å². The lowest BCUT2D eigenvalue weighted by molar-refractivity contribution is 0.340. The van der Waals surface area contributed by atoms with Crippen LogP contribution in [0.15, 0.2) is 24.3 Å². The number of alkyl halides is 1. The van der Waals surface area contributed by atoms with Crippen molar-refractivity contribution in [3.05, 3.63) is 29.8 Å². The summed E-state index contributed by atoms with van der Waals surface area (Å²) in [7, 11) is 0. The molecule has 0 N–H and O–H groups in total. The minimum absolute atomic E-state index is 0.746. The van der Waals surface area contributed by atoms with Gasteiger partial charge in [-0.05, 0) is 42.9 Å². The van der Waals surface area contributed by atoms with Gasteiger partial charge in [0.1, 0.15) is 5.75 Å². The SMILES string of the molecule is CCOc1cccc(C2CC2CBr)c1. The normalized spacial score (nSPS) is 24.7. The zero-order valence-corrected chi connectivity index (χ0v) is 9.96. The van der Waals surface area contributed by atoms with Gasteiger partial charge in [0.15, 0.2) is 0 Å². The van der Waals surface area contributed by atoms with E-state index in [4.69, 9.17) is 4.74 Å². The summed E-state index contributed by atoms with van der Waals surface area (Å²) in [6.45, 7) is 2.76. The Morgan fingerprint density at radius 1 is 1.50 bits per heavy atom. The van der Waals surface area contributed by atoms with Crippen molar-refractivity contribution in [2.45, 2.75) is 19.3 Å². The maximum atomic E-state index is 5.48. The highest BCUT2D eigenvalue weighted by Crippen LogP contribution is 2.48. The molecular formula is C12H15BrO. The fraction of sp³-hybridized carbons (Fsp3) is 0.500. The standard InChI is InChI=1S/C12H15BrO/c1-2-14-11-5-3-4-9(6-11)12-7-10(12)8-13/h3-6,10,12H,2,7-8H2,1H3. The Kier molecular flexibility index (Phi) is 3.12. The van der Waals surface area contributed by atoms with Crippen molar-refractivity contribution >= 4 is 15.9 Å². The molecule has 0 amide bonds. The lowest BCUT2D eigenvalue weighted by Gasteiger charge is -2.05. The van der Waals surface area contributed by atoms with Crippen LogP contribution in [0.5, 0.6) is 5.75 Å². The number of rotatable bonds is 4. The summed E-state index contributed by atoms with van der Waals surface area (Å²) < 4.78 is 5.48. The lowest BCUT2D eigenvalue weighted by atomic mass is 10.1. The first-order valence-electron chi connectivity index (χ1n) is 5.14. The molecule has 1 saturated carbocycles. The lowest BCUT2D eigenvalue weighted by Crippen LogP contribution is -1.92. The Morgan fingerprint density at radius 2 is 2.36 bits per heavy atom. The molecule has 76 valence electrons. The predicted molar refractivity (Wildman–Crippen MR) is 62.3 cm³/mol. The van der Waals surface area contributed by atoms with E-state index in [1.807, 2.05) is 13.0 Å². The first kappa shape index (κ1) is 10.0. The van der Waals surface area contributed by atoms with Crippen LogP contribution >= 0.6 is 15.9 Å². The third-order valence-corrected chi connectivity index (χ3v) is 3.55.